The van der Waals surface area contributed by atoms with Crippen molar-refractivity contribution >= 4 is 5.82 Å². The Bertz CT molecular complexity index is 549. The summed E-state index contributed by atoms with van der Waals surface area (Å²) in [7, 11) is 3.29. The van der Waals surface area contributed by atoms with Gasteiger partial charge in [-0.25, -0.2) is 9.97 Å². The zero-order valence-corrected chi connectivity index (χ0v) is 12.0. The first-order valence-electron chi connectivity index (χ1n) is 6.52. The number of hydrogen-bond acceptors (Lipinski definition) is 5. The summed E-state index contributed by atoms with van der Waals surface area (Å²) in [4.78, 5) is 8.92. The summed E-state index contributed by atoms with van der Waals surface area (Å²) in [6, 6.07) is 9.73. The molecule has 106 valence electrons. The lowest BCUT2D eigenvalue weighted by Gasteiger charge is -2.09. The molecule has 0 saturated heterocycles. The second-order valence-corrected chi connectivity index (χ2v) is 4.25. The van der Waals surface area contributed by atoms with Gasteiger partial charge in [0.2, 0.25) is 0 Å². The Morgan fingerprint density at radius 2 is 2.00 bits per heavy atom. The highest BCUT2D eigenvalue weighted by Crippen LogP contribution is 2.24. The SMILES string of the molecule is CCNc1cc(-c2cccc(OC)c2)nc(COC)n1. The van der Waals surface area contributed by atoms with Crippen molar-refractivity contribution in [2.45, 2.75) is 13.5 Å². The third-order valence-electron chi connectivity index (χ3n) is 2.77. The summed E-state index contributed by atoms with van der Waals surface area (Å²) >= 11 is 0. The van der Waals surface area contributed by atoms with Crippen LogP contribution in [0.2, 0.25) is 0 Å². The van der Waals surface area contributed by atoms with Crippen LogP contribution < -0.4 is 10.1 Å². The third kappa shape index (κ3) is 3.45. The topological polar surface area (TPSA) is 56.3 Å². The van der Waals surface area contributed by atoms with Crippen molar-refractivity contribution in [3.05, 3.63) is 36.2 Å². The Morgan fingerprint density at radius 3 is 2.70 bits per heavy atom. The summed E-state index contributed by atoms with van der Waals surface area (Å²) in [6.07, 6.45) is 0. The summed E-state index contributed by atoms with van der Waals surface area (Å²) < 4.78 is 10.4. The summed E-state index contributed by atoms with van der Waals surface area (Å²) in [5.74, 6) is 2.26. The fourth-order valence-corrected chi connectivity index (χ4v) is 1.89. The average molecular weight is 273 g/mol. The lowest BCUT2D eigenvalue weighted by molar-refractivity contribution is 0.178. The van der Waals surface area contributed by atoms with Gasteiger partial charge in [-0.1, -0.05) is 12.1 Å². The molecule has 0 bridgehead atoms. The Labute approximate surface area is 119 Å². The van der Waals surface area contributed by atoms with E-state index in [0.29, 0.717) is 12.4 Å². The Kier molecular flexibility index (Phi) is 4.90. The second kappa shape index (κ2) is 6.86. The van der Waals surface area contributed by atoms with Crippen LogP contribution in [0.4, 0.5) is 5.82 Å². The van der Waals surface area contributed by atoms with Crippen molar-refractivity contribution in [2.24, 2.45) is 0 Å². The third-order valence-corrected chi connectivity index (χ3v) is 2.77. The number of nitrogens with zero attached hydrogens (tertiary/aromatic N) is 2. The highest BCUT2D eigenvalue weighted by molar-refractivity contribution is 5.64. The molecule has 5 heteroatoms. The van der Waals surface area contributed by atoms with Crippen molar-refractivity contribution in [3.63, 3.8) is 0 Å². The van der Waals surface area contributed by atoms with E-state index in [-0.39, 0.29) is 0 Å². The molecule has 0 atom stereocenters. The van der Waals surface area contributed by atoms with Gasteiger partial charge in [-0.15, -0.1) is 0 Å². The number of rotatable bonds is 6. The molecule has 0 amide bonds. The fraction of sp³-hybridized carbons (Fsp3) is 0.333. The Hall–Kier alpha value is -2.14. The molecule has 0 aliphatic rings. The largest absolute Gasteiger partial charge is 0.497 e. The normalized spacial score (nSPS) is 10.3. The van der Waals surface area contributed by atoms with Crippen molar-refractivity contribution in [2.75, 3.05) is 26.1 Å². The number of nitrogens with one attached hydrogen (secondary N) is 1. The Balaban J connectivity index is 2.42. The van der Waals surface area contributed by atoms with Crippen LogP contribution in [0.1, 0.15) is 12.7 Å². The minimum Gasteiger partial charge on any atom is -0.497 e. The minimum atomic E-state index is 0.385. The lowest BCUT2D eigenvalue weighted by atomic mass is 10.1. The van der Waals surface area contributed by atoms with Gasteiger partial charge in [0.1, 0.15) is 18.2 Å². The summed E-state index contributed by atoms with van der Waals surface area (Å²) in [5, 5.41) is 3.21. The molecule has 2 aromatic rings. The molecule has 0 unspecified atom stereocenters. The molecule has 1 aromatic carbocycles. The van der Waals surface area contributed by atoms with Gasteiger partial charge < -0.3 is 14.8 Å². The number of benzene rings is 1. The molecular formula is C15H19N3O2. The first kappa shape index (κ1) is 14.3. The maximum Gasteiger partial charge on any atom is 0.157 e. The first-order chi connectivity index (χ1) is 9.76. The van der Waals surface area contributed by atoms with E-state index in [9.17, 15) is 0 Å². The molecule has 0 saturated carbocycles. The second-order valence-electron chi connectivity index (χ2n) is 4.25. The number of anilines is 1. The van der Waals surface area contributed by atoms with Crippen LogP contribution in [-0.2, 0) is 11.3 Å². The molecule has 0 aliphatic carbocycles. The first-order valence-corrected chi connectivity index (χ1v) is 6.52. The standard InChI is InChI=1S/C15H19N3O2/c1-4-16-14-9-13(17-15(18-14)10-19-2)11-6-5-7-12(8-11)20-3/h5-9H,4,10H2,1-3H3,(H,16,17,18). The molecule has 20 heavy (non-hydrogen) atoms. The number of hydrogen-bond donors (Lipinski definition) is 1. The molecular weight excluding hydrogens is 254 g/mol. The Morgan fingerprint density at radius 1 is 1.15 bits per heavy atom. The zero-order chi connectivity index (χ0) is 14.4. The zero-order valence-electron chi connectivity index (χ0n) is 12.0. The van der Waals surface area contributed by atoms with Crippen LogP contribution in [0.3, 0.4) is 0 Å². The predicted molar refractivity (Wildman–Crippen MR) is 78.9 cm³/mol. The van der Waals surface area contributed by atoms with E-state index in [1.807, 2.05) is 37.3 Å². The van der Waals surface area contributed by atoms with Crippen LogP contribution in [0.5, 0.6) is 5.75 Å². The monoisotopic (exact) mass is 273 g/mol. The van der Waals surface area contributed by atoms with E-state index in [1.54, 1.807) is 14.2 Å². The van der Waals surface area contributed by atoms with E-state index < -0.39 is 0 Å². The van der Waals surface area contributed by atoms with Crippen LogP contribution in [0.25, 0.3) is 11.3 Å². The van der Waals surface area contributed by atoms with Gasteiger partial charge >= 0.3 is 0 Å². The molecule has 1 N–H and O–H groups in total. The highest BCUT2D eigenvalue weighted by atomic mass is 16.5. The van der Waals surface area contributed by atoms with E-state index in [2.05, 4.69) is 15.3 Å². The molecule has 5 nitrogen and oxygen atoms in total. The van der Waals surface area contributed by atoms with Gasteiger partial charge in [0, 0.05) is 25.3 Å². The van der Waals surface area contributed by atoms with Gasteiger partial charge in [-0.2, -0.15) is 0 Å². The van der Waals surface area contributed by atoms with Crippen molar-refractivity contribution in [3.8, 4) is 17.0 Å². The van der Waals surface area contributed by atoms with Crippen molar-refractivity contribution < 1.29 is 9.47 Å². The van der Waals surface area contributed by atoms with Crippen LogP contribution in [0.15, 0.2) is 30.3 Å². The van der Waals surface area contributed by atoms with Gasteiger partial charge in [-0.3, -0.25) is 0 Å². The molecule has 0 fully saturated rings. The maximum atomic E-state index is 5.25. The van der Waals surface area contributed by atoms with Gasteiger partial charge in [-0.05, 0) is 19.1 Å². The quantitative estimate of drug-likeness (QED) is 0.877. The van der Waals surface area contributed by atoms with Gasteiger partial charge in [0.05, 0.1) is 12.8 Å². The minimum absolute atomic E-state index is 0.385. The molecule has 0 spiro atoms. The van der Waals surface area contributed by atoms with E-state index in [0.717, 1.165) is 29.4 Å². The maximum absolute atomic E-state index is 5.25. The van der Waals surface area contributed by atoms with E-state index in [4.69, 9.17) is 9.47 Å². The number of aromatic nitrogens is 2. The highest BCUT2D eigenvalue weighted by Gasteiger charge is 2.07. The lowest BCUT2D eigenvalue weighted by Crippen LogP contribution is -2.05. The van der Waals surface area contributed by atoms with Crippen LogP contribution in [-0.4, -0.2) is 30.7 Å². The van der Waals surface area contributed by atoms with E-state index >= 15 is 0 Å². The molecule has 2 rings (SSSR count). The molecule has 0 aliphatic heterocycles. The van der Waals surface area contributed by atoms with Crippen LogP contribution >= 0.6 is 0 Å². The van der Waals surface area contributed by atoms with Gasteiger partial charge in [0.25, 0.3) is 0 Å². The van der Waals surface area contributed by atoms with Gasteiger partial charge in [0.15, 0.2) is 5.82 Å². The number of methoxy groups -OCH3 is 2. The van der Waals surface area contributed by atoms with Crippen molar-refractivity contribution in [1.29, 1.82) is 0 Å². The average Bonchev–Trinajstić information content (AvgIpc) is 2.48. The predicted octanol–water partition coefficient (Wildman–Crippen LogP) is 2.73. The molecule has 1 heterocycles. The fourth-order valence-electron chi connectivity index (χ4n) is 1.89. The molecule has 0 radical (unpaired) electrons. The smallest absolute Gasteiger partial charge is 0.157 e. The van der Waals surface area contributed by atoms with Crippen molar-refractivity contribution in [1.82, 2.24) is 9.97 Å². The van der Waals surface area contributed by atoms with E-state index in [1.165, 1.54) is 0 Å². The molecule has 1 aromatic heterocycles. The summed E-state index contributed by atoms with van der Waals surface area (Å²) in [6.45, 7) is 3.22. The summed E-state index contributed by atoms with van der Waals surface area (Å²) in [5.41, 5.74) is 1.84. The van der Waals surface area contributed by atoms with Crippen LogP contribution in [0, 0.1) is 0 Å². The number of ether oxygens (including phenoxy) is 2.